The van der Waals surface area contributed by atoms with Crippen molar-refractivity contribution in [2.24, 2.45) is 0 Å². The van der Waals surface area contributed by atoms with Gasteiger partial charge in [0.15, 0.2) is 0 Å². The first-order valence-corrected chi connectivity index (χ1v) is 9.91. The topological polar surface area (TPSA) is 63.7 Å². The zero-order valence-electron chi connectivity index (χ0n) is 14.3. The van der Waals surface area contributed by atoms with E-state index in [1.807, 2.05) is 0 Å². The van der Waals surface area contributed by atoms with Gasteiger partial charge in [0.25, 0.3) is 0 Å². The molecule has 0 spiro atoms. The molecule has 0 radical (unpaired) electrons. The summed E-state index contributed by atoms with van der Waals surface area (Å²) in [6, 6.07) is 1.57. The first-order valence-electron chi connectivity index (χ1n) is 8.47. The highest BCUT2D eigenvalue weighted by molar-refractivity contribution is 7.89. The minimum atomic E-state index is -4.64. The van der Waals surface area contributed by atoms with Crippen LogP contribution in [0.1, 0.15) is 55.7 Å². The van der Waals surface area contributed by atoms with E-state index in [9.17, 15) is 26.4 Å². The lowest BCUT2D eigenvalue weighted by molar-refractivity contribution is -0.142. The lowest BCUT2D eigenvalue weighted by Gasteiger charge is -2.33. The Bertz CT molecular complexity index is 801. The van der Waals surface area contributed by atoms with E-state index in [4.69, 9.17) is 0 Å². The van der Waals surface area contributed by atoms with Crippen molar-refractivity contribution in [2.45, 2.75) is 61.7 Å². The summed E-state index contributed by atoms with van der Waals surface area (Å²) in [5, 5.41) is 0. The van der Waals surface area contributed by atoms with Gasteiger partial charge in [0.2, 0.25) is 10.0 Å². The third-order valence-electron chi connectivity index (χ3n) is 5.08. The lowest BCUT2D eigenvalue weighted by Crippen LogP contribution is -2.40. The number of carbonyl (C=O) groups is 1. The average Bonchev–Trinajstić information content (AvgIpc) is 2.81. The summed E-state index contributed by atoms with van der Waals surface area (Å²) < 4.78 is 71.1. The van der Waals surface area contributed by atoms with E-state index < -0.39 is 33.8 Å². The monoisotopic (exact) mass is 391 g/mol. The number of hydrogen-bond donors (Lipinski definition) is 0. The highest BCUT2D eigenvalue weighted by atomic mass is 32.2. The molecule has 144 valence electrons. The van der Waals surface area contributed by atoms with Crippen molar-refractivity contribution in [3.8, 4) is 0 Å². The molecule has 1 aliphatic carbocycles. The predicted molar refractivity (Wildman–Crippen MR) is 86.7 cm³/mol. The molecule has 0 aromatic heterocycles. The van der Waals surface area contributed by atoms with Gasteiger partial charge in [-0.05, 0) is 30.5 Å². The molecule has 1 saturated carbocycles. The van der Waals surface area contributed by atoms with Gasteiger partial charge >= 0.3 is 12.1 Å². The molecule has 26 heavy (non-hydrogen) atoms. The van der Waals surface area contributed by atoms with Gasteiger partial charge in [-0.1, -0.05) is 25.3 Å². The Morgan fingerprint density at radius 2 is 1.88 bits per heavy atom. The minimum absolute atomic E-state index is 0.218. The van der Waals surface area contributed by atoms with E-state index in [0.717, 1.165) is 25.3 Å². The molecule has 5 nitrogen and oxygen atoms in total. The van der Waals surface area contributed by atoms with E-state index in [2.05, 4.69) is 4.74 Å². The van der Waals surface area contributed by atoms with Crippen molar-refractivity contribution in [1.82, 2.24) is 4.31 Å². The molecule has 3 rings (SSSR count). The molecule has 1 heterocycles. The summed E-state index contributed by atoms with van der Waals surface area (Å²) in [6.45, 7) is 0. The zero-order chi connectivity index (χ0) is 19.1. The number of esters is 1. The summed E-state index contributed by atoms with van der Waals surface area (Å²) >= 11 is 0. The largest absolute Gasteiger partial charge is 0.469 e. The molecule has 0 unspecified atom stereocenters. The molecule has 2 aliphatic rings. The standard InChI is InChI=1S/C17H20F3NO4S/c1-25-16(22)10-14-13-8-7-11(17(18,19)20)9-15(13)26(23,24)21(14)12-5-3-2-4-6-12/h7-9,12,14H,2-6,10H2,1H3/t14-/m0/s1. The Labute approximate surface area is 150 Å². The predicted octanol–water partition coefficient (Wildman–Crippen LogP) is 3.65. The molecule has 0 N–H and O–H groups in total. The van der Waals surface area contributed by atoms with Crippen LogP contribution in [0.3, 0.4) is 0 Å². The van der Waals surface area contributed by atoms with Crippen molar-refractivity contribution in [3.63, 3.8) is 0 Å². The highest BCUT2D eigenvalue weighted by Gasteiger charge is 2.48. The van der Waals surface area contributed by atoms with Crippen LogP contribution in [-0.2, 0) is 25.7 Å². The molecule has 1 aliphatic heterocycles. The smallest absolute Gasteiger partial charge is 0.416 e. The van der Waals surface area contributed by atoms with Crippen molar-refractivity contribution in [1.29, 1.82) is 0 Å². The van der Waals surface area contributed by atoms with Crippen LogP contribution < -0.4 is 0 Å². The third-order valence-corrected chi connectivity index (χ3v) is 7.10. The number of nitrogens with zero attached hydrogens (tertiary/aromatic N) is 1. The number of halogens is 3. The number of benzene rings is 1. The van der Waals surface area contributed by atoms with Gasteiger partial charge in [-0.2, -0.15) is 17.5 Å². The molecule has 9 heteroatoms. The molecule has 1 atom stereocenters. The molecule has 1 fully saturated rings. The maximum absolute atomic E-state index is 13.0. The van der Waals surface area contributed by atoms with Crippen molar-refractivity contribution < 1.29 is 31.1 Å². The number of methoxy groups -OCH3 is 1. The minimum Gasteiger partial charge on any atom is -0.469 e. The van der Waals surface area contributed by atoms with Gasteiger partial charge in [0.05, 0.1) is 30.0 Å². The Balaban J connectivity index is 2.09. The molecule has 0 amide bonds. The lowest BCUT2D eigenvalue weighted by atomic mass is 9.93. The van der Waals surface area contributed by atoms with Gasteiger partial charge in [-0.3, -0.25) is 4.79 Å². The number of hydrogen-bond acceptors (Lipinski definition) is 4. The van der Waals surface area contributed by atoms with Crippen LogP contribution in [0.2, 0.25) is 0 Å². The number of rotatable bonds is 3. The van der Waals surface area contributed by atoms with E-state index >= 15 is 0 Å². The van der Waals surface area contributed by atoms with Crippen molar-refractivity contribution in [3.05, 3.63) is 29.3 Å². The SMILES string of the molecule is COC(=O)C[C@H]1c2ccc(C(F)(F)F)cc2S(=O)(=O)N1C1CCCCC1. The van der Waals surface area contributed by atoms with Gasteiger partial charge < -0.3 is 4.74 Å². The second-order valence-corrected chi connectivity index (χ2v) is 8.48. The van der Waals surface area contributed by atoms with Crippen molar-refractivity contribution >= 4 is 16.0 Å². The fraction of sp³-hybridized carbons (Fsp3) is 0.588. The average molecular weight is 391 g/mol. The van der Waals surface area contributed by atoms with Crippen LogP contribution in [0, 0.1) is 0 Å². The van der Waals surface area contributed by atoms with Gasteiger partial charge in [0.1, 0.15) is 0 Å². The van der Waals surface area contributed by atoms with Crippen LogP contribution in [0.5, 0.6) is 0 Å². The van der Waals surface area contributed by atoms with E-state index in [-0.39, 0.29) is 22.9 Å². The zero-order valence-corrected chi connectivity index (χ0v) is 15.1. The third kappa shape index (κ3) is 3.34. The normalized spacial score (nSPS) is 23.6. The molecule has 1 aromatic rings. The van der Waals surface area contributed by atoms with E-state index in [1.54, 1.807) is 0 Å². The summed E-state index contributed by atoms with van der Waals surface area (Å²) in [6.07, 6.45) is -0.881. The number of carbonyl (C=O) groups excluding carboxylic acids is 1. The number of ether oxygens (including phenoxy) is 1. The maximum atomic E-state index is 13.0. The highest BCUT2D eigenvalue weighted by Crippen LogP contribution is 2.47. The number of sulfonamides is 1. The van der Waals surface area contributed by atoms with Crippen LogP contribution in [-0.4, -0.2) is 31.8 Å². The Morgan fingerprint density at radius 1 is 1.23 bits per heavy atom. The molecule has 0 bridgehead atoms. The molecule has 0 saturated heterocycles. The second kappa shape index (κ2) is 6.84. The van der Waals surface area contributed by atoms with Crippen LogP contribution in [0.25, 0.3) is 0 Å². The Hall–Kier alpha value is -1.61. The fourth-order valence-corrected chi connectivity index (χ4v) is 5.99. The summed E-state index contributed by atoms with van der Waals surface area (Å²) in [7, 11) is -2.91. The van der Waals surface area contributed by atoms with Gasteiger partial charge in [-0.25, -0.2) is 8.42 Å². The van der Waals surface area contributed by atoms with Gasteiger partial charge in [0, 0.05) is 6.04 Å². The van der Waals surface area contributed by atoms with Crippen LogP contribution in [0.15, 0.2) is 23.1 Å². The molecular weight excluding hydrogens is 371 g/mol. The fourth-order valence-electron chi connectivity index (χ4n) is 3.85. The van der Waals surface area contributed by atoms with Crippen LogP contribution >= 0.6 is 0 Å². The summed E-state index contributed by atoms with van der Waals surface area (Å²) in [5.74, 6) is -0.598. The van der Waals surface area contributed by atoms with E-state index in [0.29, 0.717) is 18.9 Å². The molecular formula is C17H20F3NO4S. The Morgan fingerprint density at radius 3 is 2.46 bits per heavy atom. The number of alkyl halides is 3. The summed E-state index contributed by atoms with van der Waals surface area (Å²) in [4.78, 5) is 11.5. The van der Waals surface area contributed by atoms with Gasteiger partial charge in [-0.15, -0.1) is 0 Å². The quantitative estimate of drug-likeness (QED) is 0.738. The number of fused-ring (bicyclic) bond motifs is 1. The maximum Gasteiger partial charge on any atom is 0.416 e. The second-order valence-electron chi connectivity index (χ2n) is 6.67. The molecule has 1 aromatic carbocycles. The van der Waals surface area contributed by atoms with Crippen molar-refractivity contribution in [2.75, 3.05) is 7.11 Å². The summed E-state index contributed by atoms with van der Waals surface area (Å²) in [5.41, 5.74) is -0.781. The Kier molecular flexibility index (Phi) is 5.04. The van der Waals surface area contributed by atoms with Crippen LogP contribution in [0.4, 0.5) is 13.2 Å². The van der Waals surface area contributed by atoms with E-state index in [1.165, 1.54) is 17.5 Å². The first-order chi connectivity index (χ1) is 12.2. The first kappa shape index (κ1) is 19.2.